The van der Waals surface area contributed by atoms with Crippen LogP contribution < -0.4 is 4.74 Å². The van der Waals surface area contributed by atoms with Crippen LogP contribution in [0.15, 0.2) is 59.5 Å². The Morgan fingerprint density at radius 1 is 1.24 bits per heavy atom. The first-order valence-electron chi connectivity index (χ1n) is 6.33. The van der Waals surface area contributed by atoms with Crippen molar-refractivity contribution in [3.63, 3.8) is 0 Å². The molecule has 0 saturated heterocycles. The van der Waals surface area contributed by atoms with Crippen molar-refractivity contribution in [1.29, 1.82) is 0 Å². The minimum absolute atomic E-state index is 0.251. The molecule has 2 aromatic rings. The number of aliphatic imine (C=N–C) groups is 1. The molecule has 0 radical (unpaired) electrons. The first kappa shape index (κ1) is 13.1. The number of esters is 1. The topological polar surface area (TPSA) is 60.8 Å². The number of carbonyl (C=O) groups is 1. The fourth-order valence-corrected chi connectivity index (χ4v) is 1.91. The molecule has 5 heteroatoms. The Kier molecular flexibility index (Phi) is 3.47. The number of carbonyl (C=O) groups excluding carboxylic acids is 1. The van der Waals surface area contributed by atoms with Crippen LogP contribution in [0.3, 0.4) is 0 Å². The van der Waals surface area contributed by atoms with Crippen LogP contribution in [-0.2, 0) is 9.53 Å². The summed E-state index contributed by atoms with van der Waals surface area (Å²) in [6, 6.07) is 10.8. The summed E-state index contributed by atoms with van der Waals surface area (Å²) >= 11 is 0. The maximum Gasteiger partial charge on any atom is 0.363 e. The molecule has 0 aliphatic carbocycles. The van der Waals surface area contributed by atoms with Crippen LogP contribution in [0.1, 0.15) is 11.1 Å². The van der Waals surface area contributed by atoms with Gasteiger partial charge in [0.25, 0.3) is 0 Å². The zero-order valence-corrected chi connectivity index (χ0v) is 11.3. The van der Waals surface area contributed by atoms with Gasteiger partial charge in [0.15, 0.2) is 5.70 Å². The van der Waals surface area contributed by atoms with E-state index in [2.05, 4.69) is 9.98 Å². The van der Waals surface area contributed by atoms with E-state index in [9.17, 15) is 4.79 Å². The second-order valence-electron chi connectivity index (χ2n) is 4.35. The first-order chi connectivity index (χ1) is 10.3. The predicted molar refractivity (Wildman–Crippen MR) is 77.8 cm³/mol. The zero-order chi connectivity index (χ0) is 14.7. The lowest BCUT2D eigenvalue weighted by molar-refractivity contribution is -0.129. The lowest BCUT2D eigenvalue weighted by atomic mass is 10.2. The minimum Gasteiger partial charge on any atom is -0.497 e. The molecule has 0 fully saturated rings. The van der Waals surface area contributed by atoms with E-state index in [1.54, 1.807) is 37.7 Å². The summed E-state index contributed by atoms with van der Waals surface area (Å²) in [5.41, 5.74) is 1.73. The molecule has 1 aromatic heterocycles. The second kappa shape index (κ2) is 5.58. The summed E-state index contributed by atoms with van der Waals surface area (Å²) < 4.78 is 10.3. The monoisotopic (exact) mass is 280 g/mol. The van der Waals surface area contributed by atoms with Gasteiger partial charge in [0, 0.05) is 18.0 Å². The molecule has 0 spiro atoms. The summed E-state index contributed by atoms with van der Waals surface area (Å²) in [6.45, 7) is 0. The van der Waals surface area contributed by atoms with E-state index in [-0.39, 0.29) is 11.6 Å². The van der Waals surface area contributed by atoms with Gasteiger partial charge in [0.1, 0.15) is 5.75 Å². The van der Waals surface area contributed by atoms with Gasteiger partial charge < -0.3 is 9.47 Å². The van der Waals surface area contributed by atoms with Crippen molar-refractivity contribution in [3.05, 3.63) is 65.6 Å². The number of aromatic nitrogens is 1. The summed E-state index contributed by atoms with van der Waals surface area (Å²) in [5.74, 6) is 0.474. The molecule has 0 amide bonds. The van der Waals surface area contributed by atoms with Gasteiger partial charge >= 0.3 is 5.97 Å². The van der Waals surface area contributed by atoms with Crippen LogP contribution in [-0.4, -0.2) is 24.0 Å². The number of hydrogen-bond acceptors (Lipinski definition) is 5. The van der Waals surface area contributed by atoms with Crippen molar-refractivity contribution in [1.82, 2.24) is 4.98 Å². The SMILES string of the molecule is COc1cccc(C2=NC(=Cc3cccnc3)C(=O)O2)c1. The van der Waals surface area contributed by atoms with Gasteiger partial charge in [-0.15, -0.1) is 0 Å². The number of pyridine rings is 1. The van der Waals surface area contributed by atoms with Crippen LogP contribution in [0, 0.1) is 0 Å². The second-order valence-corrected chi connectivity index (χ2v) is 4.35. The maximum atomic E-state index is 11.9. The Hall–Kier alpha value is -2.95. The van der Waals surface area contributed by atoms with Gasteiger partial charge in [0.05, 0.1) is 7.11 Å². The number of rotatable bonds is 3. The smallest absolute Gasteiger partial charge is 0.363 e. The van der Waals surface area contributed by atoms with Crippen molar-refractivity contribution in [3.8, 4) is 5.75 Å². The maximum absolute atomic E-state index is 11.9. The lowest BCUT2D eigenvalue weighted by Gasteiger charge is -2.02. The fraction of sp³-hybridized carbons (Fsp3) is 0.0625. The van der Waals surface area contributed by atoms with Crippen LogP contribution >= 0.6 is 0 Å². The van der Waals surface area contributed by atoms with Gasteiger partial charge in [-0.05, 0) is 35.9 Å². The van der Waals surface area contributed by atoms with E-state index in [4.69, 9.17) is 9.47 Å². The third kappa shape index (κ3) is 2.81. The first-order valence-corrected chi connectivity index (χ1v) is 6.33. The third-order valence-corrected chi connectivity index (χ3v) is 2.92. The quantitative estimate of drug-likeness (QED) is 0.640. The number of ether oxygens (including phenoxy) is 2. The average Bonchev–Trinajstić information content (AvgIpc) is 2.89. The van der Waals surface area contributed by atoms with Gasteiger partial charge in [-0.3, -0.25) is 4.98 Å². The summed E-state index contributed by atoms with van der Waals surface area (Å²) in [7, 11) is 1.58. The molecular weight excluding hydrogens is 268 g/mol. The van der Waals surface area contributed by atoms with E-state index in [1.807, 2.05) is 24.3 Å². The standard InChI is InChI=1S/C16H12N2O3/c1-20-13-6-2-5-12(9-13)15-18-14(16(19)21-15)8-11-4-3-7-17-10-11/h2-10H,1H3. The van der Waals surface area contributed by atoms with Gasteiger partial charge in [-0.1, -0.05) is 12.1 Å². The predicted octanol–water partition coefficient (Wildman–Crippen LogP) is 2.43. The van der Waals surface area contributed by atoms with Crippen molar-refractivity contribution >= 4 is 17.9 Å². The highest BCUT2D eigenvalue weighted by molar-refractivity contribution is 6.12. The molecule has 2 heterocycles. The minimum atomic E-state index is -0.475. The van der Waals surface area contributed by atoms with Crippen LogP contribution in [0.25, 0.3) is 6.08 Å². The van der Waals surface area contributed by atoms with Crippen molar-refractivity contribution in [2.45, 2.75) is 0 Å². The normalized spacial score (nSPS) is 15.8. The van der Waals surface area contributed by atoms with Gasteiger partial charge in [0.2, 0.25) is 5.90 Å². The molecule has 0 atom stereocenters. The lowest BCUT2D eigenvalue weighted by Crippen LogP contribution is -2.05. The largest absolute Gasteiger partial charge is 0.497 e. The summed E-state index contributed by atoms with van der Waals surface area (Å²) in [6.07, 6.45) is 4.96. The number of benzene rings is 1. The molecule has 0 unspecified atom stereocenters. The summed E-state index contributed by atoms with van der Waals surface area (Å²) in [4.78, 5) is 20.1. The molecule has 0 N–H and O–H groups in total. The molecule has 5 nitrogen and oxygen atoms in total. The van der Waals surface area contributed by atoms with E-state index >= 15 is 0 Å². The van der Waals surface area contributed by atoms with Crippen LogP contribution in [0.2, 0.25) is 0 Å². The highest BCUT2D eigenvalue weighted by Crippen LogP contribution is 2.21. The zero-order valence-electron chi connectivity index (χ0n) is 11.3. The van der Waals surface area contributed by atoms with Gasteiger partial charge in [-0.25, -0.2) is 9.79 Å². The van der Waals surface area contributed by atoms with Gasteiger partial charge in [-0.2, -0.15) is 0 Å². The van der Waals surface area contributed by atoms with E-state index < -0.39 is 5.97 Å². The van der Waals surface area contributed by atoms with Crippen molar-refractivity contribution < 1.29 is 14.3 Å². The van der Waals surface area contributed by atoms with Crippen molar-refractivity contribution in [2.24, 2.45) is 4.99 Å². The molecule has 1 aliphatic rings. The molecular formula is C16H12N2O3. The van der Waals surface area contributed by atoms with E-state index in [0.717, 1.165) is 5.56 Å². The number of nitrogens with zero attached hydrogens (tertiary/aromatic N) is 2. The number of methoxy groups -OCH3 is 1. The Labute approximate surface area is 121 Å². The van der Waals surface area contributed by atoms with Crippen LogP contribution in [0.5, 0.6) is 5.75 Å². The highest BCUT2D eigenvalue weighted by Gasteiger charge is 2.24. The molecule has 3 rings (SSSR count). The summed E-state index contributed by atoms with van der Waals surface area (Å²) in [5, 5.41) is 0. The number of hydrogen-bond donors (Lipinski definition) is 0. The molecule has 0 bridgehead atoms. The Morgan fingerprint density at radius 2 is 2.14 bits per heavy atom. The molecule has 104 valence electrons. The Morgan fingerprint density at radius 3 is 2.90 bits per heavy atom. The average molecular weight is 280 g/mol. The van der Waals surface area contributed by atoms with E-state index in [0.29, 0.717) is 11.3 Å². The fourth-order valence-electron chi connectivity index (χ4n) is 1.91. The Balaban J connectivity index is 1.93. The third-order valence-electron chi connectivity index (χ3n) is 2.92. The molecule has 0 saturated carbocycles. The number of cyclic esters (lactones) is 1. The highest BCUT2D eigenvalue weighted by atomic mass is 16.6. The van der Waals surface area contributed by atoms with Crippen LogP contribution in [0.4, 0.5) is 0 Å². The van der Waals surface area contributed by atoms with E-state index in [1.165, 1.54) is 0 Å². The van der Waals surface area contributed by atoms with Crippen molar-refractivity contribution in [2.75, 3.05) is 7.11 Å². The molecule has 1 aromatic carbocycles. The molecule has 21 heavy (non-hydrogen) atoms. The Bertz CT molecular complexity index is 736. The molecule has 1 aliphatic heterocycles.